The van der Waals surface area contributed by atoms with E-state index in [1.807, 2.05) is 0 Å². The Hall–Kier alpha value is -4.49. The second-order valence-electron chi connectivity index (χ2n) is 8.45. The molecule has 0 fully saturated rings. The zero-order valence-corrected chi connectivity index (χ0v) is 19.6. The van der Waals surface area contributed by atoms with Crippen LogP contribution in [0.15, 0.2) is 60.9 Å². The van der Waals surface area contributed by atoms with Crippen molar-refractivity contribution in [3.63, 3.8) is 0 Å². The van der Waals surface area contributed by atoms with Crippen LogP contribution in [0.4, 0.5) is 35.1 Å². The maximum atomic E-state index is 14.2. The minimum atomic E-state index is -5.06. The average Bonchev–Trinajstić information content (AvgIpc) is 3.32. The molecule has 1 atom stereocenters. The lowest BCUT2D eigenvalue weighted by Gasteiger charge is -2.17. The van der Waals surface area contributed by atoms with Crippen LogP contribution in [0.5, 0.6) is 0 Å². The van der Waals surface area contributed by atoms with Crippen LogP contribution in [-0.2, 0) is 12.4 Å². The maximum Gasteiger partial charge on any atom is 0.417 e. The van der Waals surface area contributed by atoms with Crippen LogP contribution in [0.1, 0.15) is 29.8 Å². The van der Waals surface area contributed by atoms with E-state index in [9.17, 15) is 35.1 Å². The van der Waals surface area contributed by atoms with E-state index in [2.05, 4.69) is 25.3 Å². The largest absolute Gasteiger partial charge is 0.417 e. The lowest BCUT2D eigenvalue weighted by molar-refractivity contribution is -0.142. The first-order valence-electron chi connectivity index (χ1n) is 11.1. The Morgan fingerprint density at radius 2 is 1.51 bits per heavy atom. The minimum absolute atomic E-state index is 0.0351. The number of halogens is 8. The van der Waals surface area contributed by atoms with Crippen LogP contribution in [0.25, 0.3) is 34.0 Å². The highest BCUT2D eigenvalue weighted by Gasteiger charge is 2.38. The molecule has 200 valence electrons. The van der Waals surface area contributed by atoms with Crippen LogP contribution in [0.2, 0.25) is 0 Å². The fourth-order valence-electron chi connectivity index (χ4n) is 3.87. The Morgan fingerprint density at radius 3 is 2.18 bits per heavy atom. The first kappa shape index (κ1) is 26.1. The Labute approximate surface area is 214 Å². The topological polar surface area (TPSA) is 69.4 Å². The van der Waals surface area contributed by atoms with Gasteiger partial charge in [-0.2, -0.15) is 41.6 Å². The Kier molecular flexibility index (Phi) is 6.27. The summed E-state index contributed by atoms with van der Waals surface area (Å²) in [5.41, 5.74) is -3.01. The summed E-state index contributed by atoms with van der Waals surface area (Å²) in [5.74, 6) is -2.20. The molecular weight excluding hydrogens is 536 g/mol. The molecule has 0 amide bonds. The number of fused-ring (bicyclic) bond motifs is 1. The van der Waals surface area contributed by atoms with E-state index in [-0.39, 0.29) is 28.8 Å². The Morgan fingerprint density at radius 1 is 0.769 bits per heavy atom. The summed E-state index contributed by atoms with van der Waals surface area (Å²) in [6, 6.07) is 6.86. The van der Waals surface area contributed by atoms with Gasteiger partial charge in [0.25, 0.3) is 0 Å². The van der Waals surface area contributed by atoms with Gasteiger partial charge in [0.15, 0.2) is 17.5 Å². The fourth-order valence-corrected chi connectivity index (χ4v) is 3.87. The first-order chi connectivity index (χ1) is 18.3. The molecule has 2 aliphatic heterocycles. The van der Waals surface area contributed by atoms with Gasteiger partial charge in [0, 0.05) is 5.56 Å². The van der Waals surface area contributed by atoms with Gasteiger partial charge in [0.1, 0.15) is 11.4 Å². The highest BCUT2D eigenvalue weighted by molar-refractivity contribution is 5.66. The molecule has 1 aromatic heterocycles. The maximum absolute atomic E-state index is 14.2. The van der Waals surface area contributed by atoms with Crippen LogP contribution in [0.3, 0.4) is 0 Å². The predicted molar refractivity (Wildman–Crippen MR) is 121 cm³/mol. The third kappa shape index (κ3) is 5.01. The molecule has 1 unspecified atom stereocenters. The Bertz CT molecular complexity index is 1630. The third-order valence-corrected chi connectivity index (χ3v) is 5.91. The van der Waals surface area contributed by atoms with Crippen molar-refractivity contribution in [3.8, 4) is 34.0 Å². The first-order valence-corrected chi connectivity index (χ1v) is 11.1. The van der Waals surface area contributed by atoms with E-state index in [0.29, 0.717) is 23.5 Å². The third-order valence-electron chi connectivity index (χ3n) is 5.91. The van der Waals surface area contributed by atoms with Crippen molar-refractivity contribution in [2.24, 2.45) is 0 Å². The fraction of sp³-hybridized carbons (Fsp3) is 0.160. The summed E-state index contributed by atoms with van der Waals surface area (Å²) in [7, 11) is 0. The monoisotopic (exact) mass is 550 g/mol. The molecule has 3 heterocycles. The molecule has 2 aromatic carbocycles. The highest BCUT2D eigenvalue weighted by Crippen LogP contribution is 2.40. The molecule has 3 aromatic rings. The van der Waals surface area contributed by atoms with Gasteiger partial charge in [-0.15, -0.1) is 0 Å². The normalized spacial score (nSPS) is 13.2. The van der Waals surface area contributed by atoms with Gasteiger partial charge in [0.2, 0.25) is 0 Å². The van der Waals surface area contributed by atoms with Gasteiger partial charge in [-0.3, -0.25) is 4.68 Å². The number of aromatic nitrogens is 6. The molecule has 5 rings (SSSR count). The summed E-state index contributed by atoms with van der Waals surface area (Å²) < 4.78 is 109. The highest BCUT2D eigenvalue weighted by atomic mass is 19.4. The van der Waals surface area contributed by atoms with Crippen molar-refractivity contribution in [1.82, 2.24) is 29.9 Å². The number of rotatable bonds is 4. The molecule has 6 nitrogen and oxygen atoms in total. The summed E-state index contributed by atoms with van der Waals surface area (Å²) in [5, 5.41) is 12.0. The van der Waals surface area contributed by atoms with Crippen molar-refractivity contribution >= 4 is 0 Å². The van der Waals surface area contributed by atoms with Crippen molar-refractivity contribution < 1.29 is 35.1 Å². The summed E-state index contributed by atoms with van der Waals surface area (Å²) >= 11 is 0. The SMILES string of the molecule is CC(c1ccc(-c2ccc(C(F)(F)F)cc2C(F)(F)F)nn1)n1cc2nc(-c3cccc(F)c3F)nc-2cn1. The van der Waals surface area contributed by atoms with Crippen molar-refractivity contribution in [2.75, 3.05) is 0 Å². The summed E-state index contributed by atoms with van der Waals surface area (Å²) in [6.45, 7) is 1.66. The molecule has 39 heavy (non-hydrogen) atoms. The van der Waals surface area contributed by atoms with Gasteiger partial charge >= 0.3 is 12.4 Å². The van der Waals surface area contributed by atoms with Crippen LogP contribution >= 0.6 is 0 Å². The molecule has 0 saturated carbocycles. The van der Waals surface area contributed by atoms with E-state index in [1.54, 1.807) is 6.92 Å². The molecule has 14 heteroatoms. The zero-order chi connectivity index (χ0) is 28.1. The Balaban J connectivity index is 1.45. The van der Waals surface area contributed by atoms with E-state index >= 15 is 0 Å². The second-order valence-corrected chi connectivity index (χ2v) is 8.45. The number of nitrogens with zero attached hydrogens (tertiary/aromatic N) is 6. The van der Waals surface area contributed by atoms with E-state index in [0.717, 1.165) is 6.07 Å². The van der Waals surface area contributed by atoms with Gasteiger partial charge in [0.05, 0.1) is 46.5 Å². The van der Waals surface area contributed by atoms with Gasteiger partial charge in [-0.25, -0.2) is 18.7 Å². The molecular formula is C25H14F8N6. The molecule has 0 N–H and O–H groups in total. The summed E-state index contributed by atoms with van der Waals surface area (Å²) in [4.78, 5) is 8.40. The molecule has 2 aliphatic rings. The summed E-state index contributed by atoms with van der Waals surface area (Å²) in [6.07, 6.45) is -7.19. The number of hydrogen-bond donors (Lipinski definition) is 0. The number of benzene rings is 2. The number of alkyl halides is 6. The zero-order valence-electron chi connectivity index (χ0n) is 19.6. The van der Waals surface area contributed by atoms with Gasteiger partial charge in [-0.1, -0.05) is 12.1 Å². The van der Waals surface area contributed by atoms with Crippen LogP contribution in [0, 0.1) is 11.6 Å². The van der Waals surface area contributed by atoms with E-state index in [1.165, 1.54) is 41.3 Å². The smallest absolute Gasteiger partial charge is 0.262 e. The van der Waals surface area contributed by atoms with Crippen molar-refractivity contribution in [2.45, 2.75) is 25.3 Å². The lowest BCUT2D eigenvalue weighted by atomic mass is 10.00. The van der Waals surface area contributed by atoms with E-state index in [4.69, 9.17) is 0 Å². The molecule has 0 saturated heterocycles. The lowest BCUT2D eigenvalue weighted by Crippen LogP contribution is -2.14. The van der Waals surface area contributed by atoms with E-state index < -0.39 is 46.7 Å². The quantitative estimate of drug-likeness (QED) is 0.230. The molecule has 0 bridgehead atoms. The van der Waals surface area contributed by atoms with Crippen LogP contribution in [-0.4, -0.2) is 29.9 Å². The predicted octanol–water partition coefficient (Wildman–Crippen LogP) is 6.83. The molecule has 0 aliphatic carbocycles. The standard InChI is InChI=1S/C25H14F8N6/c1-12(39-11-21-20(10-34-39)35-23(36-21)15-3-2-4-17(26)22(15)27)18-7-8-19(38-37-18)14-6-5-13(24(28,29)30)9-16(14)25(31,32)33/h2-12H,1H3. The number of imidazole rings is 1. The molecule has 0 radical (unpaired) electrons. The minimum Gasteiger partial charge on any atom is -0.262 e. The number of hydrogen-bond acceptors (Lipinski definition) is 5. The average molecular weight is 550 g/mol. The van der Waals surface area contributed by atoms with Gasteiger partial charge in [-0.05, 0) is 43.3 Å². The molecule has 0 spiro atoms. The second kappa shape index (κ2) is 9.36. The van der Waals surface area contributed by atoms with Crippen molar-refractivity contribution in [3.05, 3.63) is 89.4 Å². The van der Waals surface area contributed by atoms with Crippen LogP contribution < -0.4 is 0 Å². The van der Waals surface area contributed by atoms with Gasteiger partial charge < -0.3 is 0 Å². The van der Waals surface area contributed by atoms with Crippen molar-refractivity contribution in [1.29, 1.82) is 0 Å².